The maximum atomic E-state index is 12.2. The van der Waals surface area contributed by atoms with E-state index in [0.29, 0.717) is 11.7 Å². The molecule has 2 aromatic rings. The summed E-state index contributed by atoms with van der Waals surface area (Å²) in [6.07, 6.45) is 2.17. The smallest absolute Gasteiger partial charge is 0.240 e. The van der Waals surface area contributed by atoms with Crippen LogP contribution in [0.2, 0.25) is 0 Å². The largest absolute Gasteiger partial charge is 0.299 e. The van der Waals surface area contributed by atoms with Gasteiger partial charge in [-0.1, -0.05) is 11.3 Å². The SMILES string of the molecule is Cc1nn(C)c(C)c1C1CCCN1CC(=O)Nc1nncs1. The summed E-state index contributed by atoms with van der Waals surface area (Å²) >= 11 is 1.33. The molecule has 2 aromatic heterocycles. The monoisotopic (exact) mass is 320 g/mol. The van der Waals surface area contributed by atoms with E-state index in [4.69, 9.17) is 0 Å². The third-order valence-corrected chi connectivity index (χ3v) is 4.82. The normalized spacial score (nSPS) is 18.8. The highest BCUT2D eigenvalue weighted by molar-refractivity contribution is 7.13. The van der Waals surface area contributed by atoms with Crippen LogP contribution in [-0.4, -0.2) is 43.9 Å². The first-order valence-corrected chi connectivity index (χ1v) is 8.24. The number of hydrogen-bond acceptors (Lipinski definition) is 6. The number of amides is 1. The Morgan fingerprint density at radius 1 is 1.50 bits per heavy atom. The molecule has 7 nitrogen and oxygen atoms in total. The lowest BCUT2D eigenvalue weighted by molar-refractivity contribution is -0.117. The molecule has 3 rings (SSSR count). The summed E-state index contributed by atoms with van der Waals surface area (Å²) in [5.41, 5.74) is 5.11. The number of carbonyl (C=O) groups is 1. The molecule has 0 saturated carbocycles. The van der Waals surface area contributed by atoms with Crippen LogP contribution in [0.3, 0.4) is 0 Å². The fraction of sp³-hybridized carbons (Fsp3) is 0.571. The zero-order valence-corrected chi connectivity index (χ0v) is 13.9. The van der Waals surface area contributed by atoms with E-state index in [9.17, 15) is 4.79 Å². The number of hydrogen-bond donors (Lipinski definition) is 1. The summed E-state index contributed by atoms with van der Waals surface area (Å²) in [6, 6.07) is 0.272. The standard InChI is InChI=1S/C14H20N6OS/c1-9-13(10(2)19(3)18-9)11-5-4-6-20(11)7-12(21)16-14-17-15-8-22-14/h8,11H,4-7H2,1-3H3,(H,16,17,21). The molecule has 1 atom stereocenters. The van der Waals surface area contributed by atoms with E-state index in [0.717, 1.165) is 25.1 Å². The van der Waals surface area contributed by atoms with E-state index >= 15 is 0 Å². The van der Waals surface area contributed by atoms with Gasteiger partial charge in [-0.05, 0) is 33.2 Å². The third-order valence-electron chi connectivity index (χ3n) is 4.21. The van der Waals surface area contributed by atoms with Crippen molar-refractivity contribution >= 4 is 22.4 Å². The zero-order chi connectivity index (χ0) is 15.7. The van der Waals surface area contributed by atoms with Crippen molar-refractivity contribution in [1.29, 1.82) is 0 Å². The van der Waals surface area contributed by atoms with Crippen molar-refractivity contribution in [3.05, 3.63) is 22.5 Å². The lowest BCUT2D eigenvalue weighted by Gasteiger charge is -2.24. The number of nitrogens with zero attached hydrogens (tertiary/aromatic N) is 5. The van der Waals surface area contributed by atoms with Crippen molar-refractivity contribution in [1.82, 2.24) is 24.9 Å². The molecule has 0 aromatic carbocycles. The van der Waals surface area contributed by atoms with Gasteiger partial charge in [-0.2, -0.15) is 5.10 Å². The number of anilines is 1. The number of nitrogens with one attached hydrogen (secondary N) is 1. The molecular weight excluding hydrogens is 300 g/mol. The minimum Gasteiger partial charge on any atom is -0.299 e. The topological polar surface area (TPSA) is 75.9 Å². The van der Waals surface area contributed by atoms with Crippen LogP contribution in [0.15, 0.2) is 5.51 Å². The minimum absolute atomic E-state index is 0.0390. The fourth-order valence-electron chi connectivity index (χ4n) is 3.19. The first-order valence-electron chi connectivity index (χ1n) is 7.36. The Kier molecular flexibility index (Phi) is 4.21. The van der Waals surface area contributed by atoms with Crippen LogP contribution in [0.4, 0.5) is 5.13 Å². The second kappa shape index (κ2) is 6.13. The highest BCUT2D eigenvalue weighted by atomic mass is 32.1. The third kappa shape index (κ3) is 2.89. The summed E-state index contributed by atoms with van der Waals surface area (Å²) in [5.74, 6) is -0.0390. The molecule has 8 heteroatoms. The van der Waals surface area contributed by atoms with Gasteiger partial charge in [-0.3, -0.25) is 19.7 Å². The molecule has 0 radical (unpaired) electrons. The van der Waals surface area contributed by atoms with Gasteiger partial charge in [-0.25, -0.2) is 0 Å². The molecule has 0 spiro atoms. The Hall–Kier alpha value is -1.80. The van der Waals surface area contributed by atoms with Crippen molar-refractivity contribution in [2.45, 2.75) is 32.7 Å². The van der Waals surface area contributed by atoms with Crippen LogP contribution in [0, 0.1) is 13.8 Å². The van der Waals surface area contributed by atoms with Gasteiger partial charge < -0.3 is 0 Å². The first-order chi connectivity index (χ1) is 10.6. The van der Waals surface area contributed by atoms with Crippen LogP contribution in [-0.2, 0) is 11.8 Å². The lowest BCUT2D eigenvalue weighted by atomic mass is 10.0. The molecule has 1 unspecified atom stereocenters. The number of likely N-dealkylation sites (tertiary alicyclic amines) is 1. The Bertz CT molecular complexity index is 665. The minimum atomic E-state index is -0.0390. The van der Waals surface area contributed by atoms with Crippen LogP contribution < -0.4 is 5.32 Å². The Balaban J connectivity index is 1.72. The Morgan fingerprint density at radius 3 is 2.95 bits per heavy atom. The molecule has 22 heavy (non-hydrogen) atoms. The lowest BCUT2D eigenvalue weighted by Crippen LogP contribution is -2.33. The summed E-state index contributed by atoms with van der Waals surface area (Å²) in [5, 5.41) is 15.4. The highest BCUT2D eigenvalue weighted by Crippen LogP contribution is 2.35. The quantitative estimate of drug-likeness (QED) is 0.927. The Morgan fingerprint density at radius 2 is 2.32 bits per heavy atom. The molecular formula is C14H20N6OS. The highest BCUT2D eigenvalue weighted by Gasteiger charge is 2.31. The molecule has 1 fully saturated rings. The number of aryl methyl sites for hydroxylation is 2. The molecule has 1 N–H and O–H groups in total. The predicted octanol–water partition coefficient (Wildman–Crippen LogP) is 1.66. The molecule has 0 aliphatic carbocycles. The van der Waals surface area contributed by atoms with Gasteiger partial charge >= 0.3 is 0 Å². The molecule has 1 aliphatic rings. The van der Waals surface area contributed by atoms with E-state index < -0.39 is 0 Å². The second-order valence-electron chi connectivity index (χ2n) is 5.63. The van der Waals surface area contributed by atoms with Crippen molar-refractivity contribution in [2.75, 3.05) is 18.4 Å². The van der Waals surface area contributed by atoms with E-state index in [1.165, 1.54) is 22.6 Å². The van der Waals surface area contributed by atoms with Gasteiger partial charge in [0.2, 0.25) is 11.0 Å². The predicted molar refractivity (Wildman–Crippen MR) is 84.8 cm³/mol. The molecule has 1 aliphatic heterocycles. The summed E-state index contributed by atoms with van der Waals surface area (Å²) in [4.78, 5) is 14.4. The molecule has 3 heterocycles. The van der Waals surface area contributed by atoms with Crippen LogP contribution in [0.5, 0.6) is 0 Å². The number of rotatable bonds is 4. The van der Waals surface area contributed by atoms with Crippen LogP contribution >= 0.6 is 11.3 Å². The maximum absolute atomic E-state index is 12.2. The van der Waals surface area contributed by atoms with Crippen molar-refractivity contribution in [3.63, 3.8) is 0 Å². The fourth-order valence-corrected chi connectivity index (χ4v) is 3.65. The van der Waals surface area contributed by atoms with Gasteiger partial charge in [0.15, 0.2) is 0 Å². The van der Waals surface area contributed by atoms with Crippen molar-refractivity contribution < 1.29 is 4.79 Å². The van der Waals surface area contributed by atoms with Gasteiger partial charge in [0.1, 0.15) is 5.51 Å². The zero-order valence-electron chi connectivity index (χ0n) is 13.0. The number of aromatic nitrogens is 4. The second-order valence-corrected chi connectivity index (χ2v) is 6.46. The molecule has 1 saturated heterocycles. The summed E-state index contributed by atoms with van der Waals surface area (Å²) in [7, 11) is 1.97. The average Bonchev–Trinajstić information content (AvgIpc) is 3.15. The van der Waals surface area contributed by atoms with E-state index in [1.807, 2.05) is 18.7 Å². The first kappa shape index (κ1) is 15.1. The van der Waals surface area contributed by atoms with Crippen molar-refractivity contribution in [2.24, 2.45) is 7.05 Å². The van der Waals surface area contributed by atoms with E-state index in [2.05, 4.69) is 32.4 Å². The molecule has 118 valence electrons. The van der Waals surface area contributed by atoms with Gasteiger partial charge in [-0.15, -0.1) is 10.2 Å². The molecule has 1 amide bonds. The van der Waals surface area contributed by atoms with E-state index in [1.54, 1.807) is 5.51 Å². The average molecular weight is 320 g/mol. The molecule has 0 bridgehead atoms. The number of carbonyl (C=O) groups excluding carboxylic acids is 1. The summed E-state index contributed by atoms with van der Waals surface area (Å²) < 4.78 is 1.92. The van der Waals surface area contributed by atoms with Gasteiger partial charge in [0.25, 0.3) is 0 Å². The van der Waals surface area contributed by atoms with Crippen LogP contribution in [0.1, 0.15) is 35.8 Å². The maximum Gasteiger partial charge on any atom is 0.240 e. The summed E-state index contributed by atoms with van der Waals surface area (Å²) in [6.45, 7) is 5.44. The van der Waals surface area contributed by atoms with E-state index in [-0.39, 0.29) is 11.9 Å². The van der Waals surface area contributed by atoms with Crippen molar-refractivity contribution in [3.8, 4) is 0 Å². The van der Waals surface area contributed by atoms with Gasteiger partial charge in [0, 0.05) is 24.3 Å². The van der Waals surface area contributed by atoms with Crippen LogP contribution in [0.25, 0.3) is 0 Å². The Labute approximate surface area is 133 Å². The van der Waals surface area contributed by atoms with Gasteiger partial charge in [0.05, 0.1) is 12.2 Å².